The van der Waals surface area contributed by atoms with Gasteiger partial charge in [-0.05, 0) is 11.6 Å². The molecule has 0 N–H and O–H groups in total. The van der Waals surface area contributed by atoms with Crippen LogP contribution in [0, 0.1) is 0 Å². The number of ether oxygens (including phenoxy) is 2. The SMILES string of the molecule is COC(=O)c1ccccc1CCOC=O. The van der Waals surface area contributed by atoms with Gasteiger partial charge in [0, 0.05) is 6.42 Å². The van der Waals surface area contributed by atoms with Gasteiger partial charge in [0.1, 0.15) is 0 Å². The van der Waals surface area contributed by atoms with E-state index in [-0.39, 0.29) is 12.6 Å². The van der Waals surface area contributed by atoms with E-state index in [1.807, 2.05) is 6.07 Å². The van der Waals surface area contributed by atoms with Crippen molar-refractivity contribution in [2.24, 2.45) is 0 Å². The van der Waals surface area contributed by atoms with Crippen LogP contribution < -0.4 is 0 Å². The van der Waals surface area contributed by atoms with E-state index in [2.05, 4.69) is 9.47 Å². The molecule has 4 nitrogen and oxygen atoms in total. The number of esters is 1. The molecule has 0 aliphatic rings. The molecule has 15 heavy (non-hydrogen) atoms. The molecule has 0 aliphatic heterocycles. The molecule has 0 unspecified atom stereocenters. The van der Waals surface area contributed by atoms with Crippen molar-refractivity contribution in [1.29, 1.82) is 0 Å². The molecule has 1 aromatic rings. The van der Waals surface area contributed by atoms with Crippen LogP contribution in [0.3, 0.4) is 0 Å². The Morgan fingerprint density at radius 3 is 2.80 bits per heavy atom. The Labute approximate surface area is 87.8 Å². The molecule has 0 aliphatic carbocycles. The summed E-state index contributed by atoms with van der Waals surface area (Å²) >= 11 is 0. The van der Waals surface area contributed by atoms with Crippen molar-refractivity contribution in [3.8, 4) is 0 Å². The lowest BCUT2D eigenvalue weighted by atomic mass is 10.1. The van der Waals surface area contributed by atoms with E-state index < -0.39 is 0 Å². The van der Waals surface area contributed by atoms with Gasteiger partial charge in [0.2, 0.25) is 0 Å². The number of carbonyl (C=O) groups excluding carboxylic acids is 2. The van der Waals surface area contributed by atoms with Gasteiger partial charge in [-0.25, -0.2) is 4.79 Å². The quantitative estimate of drug-likeness (QED) is 0.414. The second-order valence-corrected chi connectivity index (χ2v) is 2.87. The highest BCUT2D eigenvalue weighted by molar-refractivity contribution is 5.90. The lowest BCUT2D eigenvalue weighted by Gasteiger charge is -2.06. The Kier molecular flexibility index (Phi) is 4.34. The number of carbonyl (C=O) groups is 2. The molecular formula is C11H12O4. The fraction of sp³-hybridized carbons (Fsp3) is 0.273. The zero-order chi connectivity index (χ0) is 11.1. The minimum absolute atomic E-state index is 0.261. The molecule has 0 aromatic heterocycles. The number of hydrogen-bond acceptors (Lipinski definition) is 4. The van der Waals surface area contributed by atoms with Crippen molar-refractivity contribution >= 4 is 12.4 Å². The fourth-order valence-electron chi connectivity index (χ4n) is 1.26. The van der Waals surface area contributed by atoms with Crippen LogP contribution >= 0.6 is 0 Å². The fourth-order valence-corrected chi connectivity index (χ4v) is 1.26. The largest absolute Gasteiger partial charge is 0.468 e. The summed E-state index contributed by atoms with van der Waals surface area (Å²) in [6, 6.07) is 7.07. The van der Waals surface area contributed by atoms with Crippen molar-refractivity contribution in [3.05, 3.63) is 35.4 Å². The minimum atomic E-state index is -0.378. The first-order valence-corrected chi connectivity index (χ1v) is 4.51. The van der Waals surface area contributed by atoms with Gasteiger partial charge in [0.25, 0.3) is 6.47 Å². The highest BCUT2D eigenvalue weighted by Gasteiger charge is 2.10. The summed E-state index contributed by atoms with van der Waals surface area (Å²) in [7, 11) is 1.33. The maximum atomic E-state index is 11.3. The smallest absolute Gasteiger partial charge is 0.338 e. The summed E-state index contributed by atoms with van der Waals surface area (Å²) in [5, 5.41) is 0. The summed E-state index contributed by atoms with van der Waals surface area (Å²) < 4.78 is 9.21. The third-order valence-electron chi connectivity index (χ3n) is 1.98. The summed E-state index contributed by atoms with van der Waals surface area (Å²) in [6.07, 6.45) is 0.504. The molecule has 0 bridgehead atoms. The molecule has 0 amide bonds. The second-order valence-electron chi connectivity index (χ2n) is 2.87. The van der Waals surface area contributed by atoms with Crippen LogP contribution in [0.2, 0.25) is 0 Å². The van der Waals surface area contributed by atoms with Crippen molar-refractivity contribution in [2.75, 3.05) is 13.7 Å². The lowest BCUT2D eigenvalue weighted by molar-refractivity contribution is -0.128. The Morgan fingerprint density at radius 1 is 1.40 bits per heavy atom. The van der Waals surface area contributed by atoms with Gasteiger partial charge in [-0.2, -0.15) is 0 Å². The van der Waals surface area contributed by atoms with Crippen molar-refractivity contribution < 1.29 is 19.1 Å². The molecule has 0 saturated carbocycles. The Bertz CT molecular complexity index is 346. The molecule has 0 fully saturated rings. The average Bonchev–Trinajstić information content (AvgIpc) is 2.29. The number of rotatable bonds is 5. The number of benzene rings is 1. The summed E-state index contributed by atoms with van der Waals surface area (Å²) in [4.78, 5) is 21.3. The Morgan fingerprint density at radius 2 is 2.13 bits per heavy atom. The van der Waals surface area contributed by atoms with Gasteiger partial charge >= 0.3 is 5.97 Å². The average molecular weight is 208 g/mol. The van der Waals surface area contributed by atoms with E-state index in [0.29, 0.717) is 18.5 Å². The first kappa shape index (κ1) is 11.2. The van der Waals surface area contributed by atoms with Gasteiger partial charge in [-0.1, -0.05) is 18.2 Å². The van der Waals surface area contributed by atoms with Crippen LogP contribution in [0.5, 0.6) is 0 Å². The molecule has 0 radical (unpaired) electrons. The van der Waals surface area contributed by atoms with Crippen LogP contribution in [0.25, 0.3) is 0 Å². The van der Waals surface area contributed by atoms with Gasteiger partial charge < -0.3 is 9.47 Å². The van der Waals surface area contributed by atoms with Crippen LogP contribution in [-0.4, -0.2) is 26.2 Å². The molecule has 1 rings (SSSR count). The normalized spacial score (nSPS) is 9.40. The van der Waals surface area contributed by atoms with Crippen LogP contribution in [-0.2, 0) is 20.7 Å². The monoisotopic (exact) mass is 208 g/mol. The topological polar surface area (TPSA) is 52.6 Å². The van der Waals surface area contributed by atoms with Crippen molar-refractivity contribution in [3.63, 3.8) is 0 Å². The number of methoxy groups -OCH3 is 1. The molecule has 0 saturated heterocycles. The van der Waals surface area contributed by atoms with E-state index in [9.17, 15) is 9.59 Å². The maximum absolute atomic E-state index is 11.3. The second kappa shape index (κ2) is 5.80. The molecule has 80 valence electrons. The standard InChI is InChI=1S/C11H12O4/c1-14-11(13)10-5-3-2-4-9(10)6-7-15-8-12/h2-5,8H,6-7H2,1H3. The first-order chi connectivity index (χ1) is 7.29. The van der Waals surface area contributed by atoms with Crippen LogP contribution in [0.1, 0.15) is 15.9 Å². The molecule has 4 heteroatoms. The third kappa shape index (κ3) is 3.09. The summed E-state index contributed by atoms with van der Waals surface area (Å²) in [5.41, 5.74) is 1.32. The van der Waals surface area contributed by atoms with E-state index >= 15 is 0 Å². The molecular weight excluding hydrogens is 196 g/mol. The predicted molar refractivity (Wildman–Crippen MR) is 53.5 cm³/mol. The van der Waals surface area contributed by atoms with Crippen molar-refractivity contribution in [2.45, 2.75) is 6.42 Å². The van der Waals surface area contributed by atoms with Crippen molar-refractivity contribution in [1.82, 2.24) is 0 Å². The Hall–Kier alpha value is -1.84. The van der Waals surface area contributed by atoms with Gasteiger partial charge in [0.15, 0.2) is 0 Å². The van der Waals surface area contributed by atoms with E-state index in [0.717, 1.165) is 5.56 Å². The molecule has 0 atom stereocenters. The molecule has 1 aromatic carbocycles. The summed E-state index contributed by atoms with van der Waals surface area (Å²) in [6.45, 7) is 0.651. The highest BCUT2D eigenvalue weighted by atomic mass is 16.5. The molecule has 0 spiro atoms. The zero-order valence-corrected chi connectivity index (χ0v) is 8.43. The Balaban J connectivity index is 2.76. The van der Waals surface area contributed by atoms with E-state index in [1.165, 1.54) is 7.11 Å². The highest BCUT2D eigenvalue weighted by Crippen LogP contribution is 2.10. The zero-order valence-electron chi connectivity index (χ0n) is 8.43. The minimum Gasteiger partial charge on any atom is -0.468 e. The van der Waals surface area contributed by atoms with Gasteiger partial charge in [-0.3, -0.25) is 4.79 Å². The van der Waals surface area contributed by atoms with Gasteiger partial charge in [0.05, 0.1) is 19.3 Å². The predicted octanol–water partition coefficient (Wildman–Crippen LogP) is 1.19. The summed E-state index contributed by atoms with van der Waals surface area (Å²) in [5.74, 6) is -0.378. The third-order valence-corrected chi connectivity index (χ3v) is 1.98. The van der Waals surface area contributed by atoms with Gasteiger partial charge in [-0.15, -0.1) is 0 Å². The van der Waals surface area contributed by atoms with E-state index in [4.69, 9.17) is 0 Å². The number of hydrogen-bond donors (Lipinski definition) is 0. The first-order valence-electron chi connectivity index (χ1n) is 4.51. The molecule has 0 heterocycles. The van der Waals surface area contributed by atoms with E-state index in [1.54, 1.807) is 18.2 Å². The van der Waals surface area contributed by atoms with Crippen LogP contribution in [0.4, 0.5) is 0 Å². The lowest BCUT2D eigenvalue weighted by Crippen LogP contribution is -2.07. The van der Waals surface area contributed by atoms with Crippen LogP contribution in [0.15, 0.2) is 24.3 Å². The maximum Gasteiger partial charge on any atom is 0.338 e.